The Morgan fingerprint density at radius 2 is 2.00 bits per heavy atom. The molecule has 0 aliphatic carbocycles. The van der Waals surface area contributed by atoms with Crippen LogP contribution in [-0.2, 0) is 4.79 Å². The molecule has 0 amide bonds. The first-order chi connectivity index (χ1) is 5.34. The van der Waals surface area contributed by atoms with Crippen molar-refractivity contribution in [2.75, 3.05) is 0 Å². The molecule has 1 nitrogen and oxygen atoms in total. The highest BCUT2D eigenvalue weighted by molar-refractivity contribution is 9.09. The lowest BCUT2D eigenvalue weighted by atomic mass is 10.1. The number of benzene rings is 1. The second-order valence-corrected chi connectivity index (χ2v) is 3.08. The van der Waals surface area contributed by atoms with Crippen LogP contribution in [0.15, 0.2) is 36.4 Å². The maximum atomic E-state index is 9.98. The van der Waals surface area contributed by atoms with Crippen molar-refractivity contribution in [3.8, 4) is 0 Å². The van der Waals surface area contributed by atoms with Crippen LogP contribution in [0.25, 0.3) is 0 Å². The van der Waals surface area contributed by atoms with Crippen LogP contribution < -0.4 is 0 Å². The monoisotopic (exact) mass is 210 g/mol. The summed E-state index contributed by atoms with van der Waals surface area (Å²) < 4.78 is 0. The normalized spacial score (nSPS) is 11.7. The molecule has 0 aliphatic rings. The van der Waals surface area contributed by atoms with Gasteiger partial charge in [-0.05, 0) is 5.56 Å². The molecular formula is C9H7BrO. The lowest BCUT2D eigenvalue weighted by molar-refractivity contribution is 0.568. The quantitative estimate of drug-likeness (QED) is 0.542. The SMILES string of the molecule is O=C=CC(Br)c1ccccc1. The first-order valence-electron chi connectivity index (χ1n) is 3.24. The van der Waals surface area contributed by atoms with Gasteiger partial charge in [0.15, 0.2) is 0 Å². The zero-order chi connectivity index (χ0) is 8.10. The van der Waals surface area contributed by atoms with Gasteiger partial charge in [-0.1, -0.05) is 46.3 Å². The summed E-state index contributed by atoms with van der Waals surface area (Å²) in [7, 11) is 0. The topological polar surface area (TPSA) is 17.1 Å². The third-order valence-electron chi connectivity index (χ3n) is 1.33. The molecule has 1 aromatic carbocycles. The summed E-state index contributed by atoms with van der Waals surface area (Å²) in [5.74, 6) is 1.74. The van der Waals surface area contributed by atoms with Crippen LogP contribution in [0.3, 0.4) is 0 Å². The first-order valence-corrected chi connectivity index (χ1v) is 4.16. The fourth-order valence-electron chi connectivity index (χ4n) is 0.793. The predicted octanol–water partition coefficient (Wildman–Crippen LogP) is 2.51. The van der Waals surface area contributed by atoms with Gasteiger partial charge in [0.2, 0.25) is 0 Å². The summed E-state index contributed by atoms with van der Waals surface area (Å²) in [5, 5.41) is 0. The van der Waals surface area contributed by atoms with Crippen LogP contribution in [0.1, 0.15) is 10.4 Å². The van der Waals surface area contributed by atoms with E-state index in [-0.39, 0.29) is 4.83 Å². The van der Waals surface area contributed by atoms with E-state index in [1.165, 1.54) is 6.08 Å². The Kier molecular flexibility index (Phi) is 3.09. The van der Waals surface area contributed by atoms with E-state index in [4.69, 9.17) is 0 Å². The number of allylic oxidation sites excluding steroid dienone is 1. The molecule has 0 saturated heterocycles. The van der Waals surface area contributed by atoms with Crippen molar-refractivity contribution < 1.29 is 4.79 Å². The minimum Gasteiger partial charge on any atom is -0.234 e. The highest BCUT2D eigenvalue weighted by Crippen LogP contribution is 2.22. The average Bonchev–Trinajstić information content (AvgIpc) is 2.07. The number of hydrogen-bond donors (Lipinski definition) is 0. The molecule has 0 bridgehead atoms. The van der Waals surface area contributed by atoms with E-state index in [2.05, 4.69) is 15.9 Å². The van der Waals surface area contributed by atoms with Gasteiger partial charge in [0.25, 0.3) is 0 Å². The zero-order valence-corrected chi connectivity index (χ0v) is 7.41. The van der Waals surface area contributed by atoms with Crippen molar-refractivity contribution in [3.05, 3.63) is 42.0 Å². The summed E-state index contributed by atoms with van der Waals surface area (Å²) in [6.45, 7) is 0. The molecule has 0 aliphatic heterocycles. The van der Waals surface area contributed by atoms with E-state index in [1.54, 1.807) is 5.94 Å². The zero-order valence-electron chi connectivity index (χ0n) is 5.83. The number of rotatable bonds is 2. The van der Waals surface area contributed by atoms with E-state index in [0.717, 1.165) is 5.56 Å². The Morgan fingerprint density at radius 1 is 1.36 bits per heavy atom. The van der Waals surface area contributed by atoms with Crippen molar-refractivity contribution in [1.29, 1.82) is 0 Å². The van der Waals surface area contributed by atoms with Crippen LogP contribution in [0.5, 0.6) is 0 Å². The fourth-order valence-corrected chi connectivity index (χ4v) is 1.21. The molecule has 0 aromatic heterocycles. The van der Waals surface area contributed by atoms with Crippen LogP contribution in [0.2, 0.25) is 0 Å². The molecule has 1 rings (SSSR count). The van der Waals surface area contributed by atoms with Gasteiger partial charge in [-0.25, -0.2) is 4.79 Å². The number of hydrogen-bond acceptors (Lipinski definition) is 1. The second kappa shape index (κ2) is 4.12. The molecule has 0 radical (unpaired) electrons. The lowest BCUT2D eigenvalue weighted by Gasteiger charge is -2.00. The Morgan fingerprint density at radius 3 is 2.55 bits per heavy atom. The van der Waals surface area contributed by atoms with Gasteiger partial charge in [-0.15, -0.1) is 0 Å². The highest BCUT2D eigenvalue weighted by atomic mass is 79.9. The van der Waals surface area contributed by atoms with Crippen LogP contribution >= 0.6 is 15.9 Å². The summed E-state index contributed by atoms with van der Waals surface area (Å²) in [4.78, 5) is 9.97. The largest absolute Gasteiger partial charge is 0.234 e. The van der Waals surface area contributed by atoms with E-state index in [9.17, 15) is 4.79 Å². The Bertz CT molecular complexity index is 262. The lowest BCUT2D eigenvalue weighted by Crippen LogP contribution is -1.83. The van der Waals surface area contributed by atoms with Crippen LogP contribution in [0.4, 0.5) is 0 Å². The smallest absolute Gasteiger partial charge is 0.121 e. The Hall–Kier alpha value is -0.850. The standard InChI is InChI=1S/C9H7BrO/c10-9(6-7-11)8-4-2-1-3-5-8/h1-6,9H. The van der Waals surface area contributed by atoms with Gasteiger partial charge in [0.1, 0.15) is 5.94 Å². The van der Waals surface area contributed by atoms with Gasteiger partial charge in [0, 0.05) is 6.08 Å². The Labute approximate surface area is 73.9 Å². The summed E-state index contributed by atoms with van der Waals surface area (Å²) in [5.41, 5.74) is 1.07. The van der Waals surface area contributed by atoms with Crippen molar-refractivity contribution in [2.24, 2.45) is 0 Å². The molecule has 1 atom stereocenters. The van der Waals surface area contributed by atoms with Crippen molar-refractivity contribution in [3.63, 3.8) is 0 Å². The summed E-state index contributed by atoms with van der Waals surface area (Å²) >= 11 is 3.33. The predicted molar refractivity (Wildman–Crippen MR) is 48.4 cm³/mol. The van der Waals surface area contributed by atoms with E-state index in [1.807, 2.05) is 30.3 Å². The summed E-state index contributed by atoms with van der Waals surface area (Å²) in [6, 6.07) is 9.71. The van der Waals surface area contributed by atoms with E-state index in [0.29, 0.717) is 0 Å². The molecule has 0 heterocycles. The minimum absolute atomic E-state index is 0.0128. The second-order valence-electron chi connectivity index (χ2n) is 2.10. The number of halogens is 1. The molecule has 0 N–H and O–H groups in total. The van der Waals surface area contributed by atoms with Crippen molar-refractivity contribution in [1.82, 2.24) is 0 Å². The molecule has 56 valence electrons. The maximum absolute atomic E-state index is 9.98. The van der Waals surface area contributed by atoms with Gasteiger partial charge in [0.05, 0.1) is 4.83 Å². The number of carbonyl (C=O) groups excluding carboxylic acids is 1. The van der Waals surface area contributed by atoms with Crippen LogP contribution in [-0.4, -0.2) is 5.94 Å². The fraction of sp³-hybridized carbons (Fsp3) is 0.111. The van der Waals surface area contributed by atoms with Crippen LogP contribution in [0, 0.1) is 0 Å². The summed E-state index contributed by atoms with van der Waals surface area (Å²) in [6.07, 6.45) is 1.44. The molecule has 1 aromatic rings. The van der Waals surface area contributed by atoms with Gasteiger partial charge in [-0.2, -0.15) is 0 Å². The third kappa shape index (κ3) is 2.34. The third-order valence-corrected chi connectivity index (χ3v) is 2.13. The molecule has 0 spiro atoms. The molecule has 0 fully saturated rings. The van der Waals surface area contributed by atoms with Crippen molar-refractivity contribution in [2.45, 2.75) is 4.83 Å². The molecule has 11 heavy (non-hydrogen) atoms. The minimum atomic E-state index is -0.0128. The molecule has 0 saturated carbocycles. The van der Waals surface area contributed by atoms with Gasteiger partial charge >= 0.3 is 0 Å². The first kappa shape index (κ1) is 8.25. The van der Waals surface area contributed by atoms with E-state index >= 15 is 0 Å². The van der Waals surface area contributed by atoms with Gasteiger partial charge in [-0.3, -0.25) is 0 Å². The molecule has 2 heteroatoms. The highest BCUT2D eigenvalue weighted by Gasteiger charge is 2.00. The van der Waals surface area contributed by atoms with E-state index < -0.39 is 0 Å². The molecule has 1 unspecified atom stereocenters. The number of alkyl halides is 1. The van der Waals surface area contributed by atoms with Crippen molar-refractivity contribution >= 4 is 21.9 Å². The average molecular weight is 211 g/mol. The molecular weight excluding hydrogens is 204 g/mol. The Balaban J connectivity index is 2.84. The maximum Gasteiger partial charge on any atom is 0.121 e. The van der Waals surface area contributed by atoms with Gasteiger partial charge < -0.3 is 0 Å².